The first-order valence-corrected chi connectivity index (χ1v) is 5.09. The average molecular weight is 232 g/mol. The molecule has 0 spiro atoms. The zero-order valence-electron chi connectivity index (χ0n) is 9.00. The van der Waals surface area contributed by atoms with Crippen molar-refractivity contribution in [1.29, 1.82) is 0 Å². The lowest BCUT2D eigenvalue weighted by atomic mass is 10.2. The second-order valence-corrected chi connectivity index (χ2v) is 3.83. The van der Waals surface area contributed by atoms with Crippen LogP contribution in [-0.4, -0.2) is 6.21 Å². The molecule has 0 aromatic carbocycles. The molecule has 0 aliphatic heterocycles. The van der Waals surface area contributed by atoms with Crippen molar-refractivity contribution in [3.63, 3.8) is 0 Å². The largest absolute Gasteiger partial charge is 0.227 e. The fourth-order valence-electron chi connectivity index (χ4n) is 0.392. The van der Waals surface area contributed by atoms with Crippen LogP contribution in [0.15, 0.2) is 40.3 Å². The van der Waals surface area contributed by atoms with Crippen LogP contribution in [0.2, 0.25) is 0 Å². The van der Waals surface area contributed by atoms with Crippen LogP contribution >= 0.6 is 24.4 Å². The van der Waals surface area contributed by atoms with Crippen molar-refractivity contribution >= 4 is 30.6 Å². The lowest BCUT2D eigenvalue weighted by molar-refractivity contribution is 0.737. The van der Waals surface area contributed by atoms with Gasteiger partial charge in [-0.05, 0) is 18.7 Å². The first-order chi connectivity index (χ1) is 6.49. The maximum Gasteiger partial charge on any atom is 0.0487 e. The van der Waals surface area contributed by atoms with E-state index in [9.17, 15) is 0 Å². The molecule has 80 valence electrons. The summed E-state index contributed by atoms with van der Waals surface area (Å²) in [5.41, 5.74) is 0.715. The molecule has 0 radical (unpaired) electrons. The molecule has 0 amide bonds. The van der Waals surface area contributed by atoms with Crippen molar-refractivity contribution in [1.82, 2.24) is 0 Å². The predicted octanol–water partition coefficient (Wildman–Crippen LogP) is 4.43. The normalized spacial score (nSPS) is 11.9. The van der Waals surface area contributed by atoms with Gasteiger partial charge in [0.1, 0.15) is 0 Å². The van der Waals surface area contributed by atoms with E-state index >= 15 is 0 Å². The number of rotatable bonds is 3. The molecule has 1 nitrogen and oxygen atoms in total. The number of hydrogen-bond donors (Lipinski definition) is 1. The molecule has 0 heterocycles. The Labute approximate surface area is 97.8 Å². The van der Waals surface area contributed by atoms with Crippen LogP contribution < -0.4 is 0 Å². The van der Waals surface area contributed by atoms with Crippen LogP contribution in [0, 0.1) is 5.92 Å². The van der Waals surface area contributed by atoms with E-state index in [1.54, 1.807) is 6.08 Å². The Morgan fingerprint density at radius 3 is 1.93 bits per heavy atom. The molecule has 3 heteroatoms. The summed E-state index contributed by atoms with van der Waals surface area (Å²) in [6.07, 6.45) is 4.61. The van der Waals surface area contributed by atoms with Crippen LogP contribution in [0.1, 0.15) is 20.8 Å². The quantitative estimate of drug-likeness (QED) is 0.419. The minimum absolute atomic E-state index is 0.521. The second kappa shape index (κ2) is 10.6. The van der Waals surface area contributed by atoms with Gasteiger partial charge in [-0.15, -0.1) is 0 Å². The van der Waals surface area contributed by atoms with Crippen LogP contribution in [0.25, 0.3) is 0 Å². The molecule has 0 aliphatic rings. The molecule has 0 aromatic heterocycles. The summed E-state index contributed by atoms with van der Waals surface area (Å²) in [7, 11) is 0. The maximum absolute atomic E-state index is 5.68. The molecule has 0 aromatic rings. The van der Waals surface area contributed by atoms with Gasteiger partial charge in [-0.3, -0.25) is 0 Å². The van der Waals surface area contributed by atoms with E-state index in [1.165, 1.54) is 12.3 Å². The van der Waals surface area contributed by atoms with E-state index in [0.717, 1.165) is 5.92 Å². The van der Waals surface area contributed by atoms with Crippen molar-refractivity contribution in [3.05, 3.63) is 35.9 Å². The van der Waals surface area contributed by atoms with Crippen molar-refractivity contribution in [2.45, 2.75) is 20.8 Å². The second-order valence-electron chi connectivity index (χ2n) is 3.19. The van der Waals surface area contributed by atoms with Gasteiger partial charge in [-0.2, -0.15) is 0 Å². The number of thiol groups is 1. The highest BCUT2D eigenvalue weighted by Gasteiger charge is 1.91. The van der Waals surface area contributed by atoms with E-state index in [2.05, 4.69) is 51.1 Å². The summed E-state index contributed by atoms with van der Waals surface area (Å²) >= 11 is 9.32. The maximum atomic E-state index is 5.68. The van der Waals surface area contributed by atoms with Gasteiger partial charge in [0.25, 0.3) is 0 Å². The molecule has 0 saturated heterocycles. The lowest BCUT2D eigenvalue weighted by Gasteiger charge is -1.91. The summed E-state index contributed by atoms with van der Waals surface area (Å²) in [6, 6.07) is 0. The highest BCUT2D eigenvalue weighted by atomic mass is 35.5. The highest BCUT2D eigenvalue weighted by Crippen LogP contribution is 2.09. The smallest absolute Gasteiger partial charge is 0.0487 e. The minimum atomic E-state index is 0.521. The van der Waals surface area contributed by atoms with Crippen LogP contribution in [0.5, 0.6) is 0 Å². The zero-order chi connectivity index (χ0) is 11.6. The Bertz CT molecular complexity index is 227. The summed E-state index contributed by atoms with van der Waals surface area (Å²) in [6.45, 7) is 13.5. The van der Waals surface area contributed by atoms with Crippen molar-refractivity contribution < 1.29 is 0 Å². The number of halogens is 1. The highest BCUT2D eigenvalue weighted by molar-refractivity contribution is 7.79. The molecule has 0 aliphatic carbocycles. The minimum Gasteiger partial charge on any atom is -0.227 e. The van der Waals surface area contributed by atoms with Gasteiger partial charge in [0, 0.05) is 16.8 Å². The number of allylic oxidation sites excluding steroid dienone is 4. The predicted molar refractivity (Wildman–Crippen MR) is 71.3 cm³/mol. The fourth-order valence-corrected chi connectivity index (χ4v) is 0.642. The first kappa shape index (κ1) is 16.0. The standard InChI is InChI=1S/C7H8ClNS.C4H10/c1-3-6(5-9-10)7(8)4-2;1-4(2)3/h3-5,10H,1-2H2;4H,1-3H3/b7-6-,9-5-;. The summed E-state index contributed by atoms with van der Waals surface area (Å²) in [5, 5.41) is 0.521. The number of hydrogen-bond acceptors (Lipinski definition) is 2. The Kier molecular flexibility index (Phi) is 12.1. The van der Waals surface area contributed by atoms with Gasteiger partial charge in [0.2, 0.25) is 0 Å². The van der Waals surface area contributed by atoms with Gasteiger partial charge in [0.15, 0.2) is 0 Å². The number of nitrogens with zero attached hydrogens (tertiary/aromatic N) is 1. The Balaban J connectivity index is 0. The van der Waals surface area contributed by atoms with E-state index in [0.29, 0.717) is 10.6 Å². The monoisotopic (exact) mass is 231 g/mol. The molecular formula is C11H18ClNS. The van der Waals surface area contributed by atoms with E-state index in [1.807, 2.05) is 0 Å². The molecule has 0 fully saturated rings. The third-order valence-electron chi connectivity index (χ3n) is 0.872. The van der Waals surface area contributed by atoms with E-state index in [4.69, 9.17) is 11.6 Å². The Hall–Kier alpha value is -0.470. The van der Waals surface area contributed by atoms with Crippen LogP contribution in [0.4, 0.5) is 0 Å². The molecule has 14 heavy (non-hydrogen) atoms. The molecule has 0 N–H and O–H groups in total. The van der Waals surface area contributed by atoms with Gasteiger partial charge in [0.05, 0.1) is 0 Å². The van der Waals surface area contributed by atoms with Crippen molar-refractivity contribution in [2.24, 2.45) is 10.3 Å². The third kappa shape index (κ3) is 11.5. The summed E-state index contributed by atoms with van der Waals surface area (Å²) < 4.78 is 3.48. The Morgan fingerprint density at radius 1 is 1.29 bits per heavy atom. The van der Waals surface area contributed by atoms with Crippen LogP contribution in [0.3, 0.4) is 0 Å². The topological polar surface area (TPSA) is 12.4 Å². The molecule has 0 atom stereocenters. The van der Waals surface area contributed by atoms with Gasteiger partial charge in [-0.1, -0.05) is 57.7 Å². The van der Waals surface area contributed by atoms with Crippen LogP contribution in [-0.2, 0) is 0 Å². The first-order valence-electron chi connectivity index (χ1n) is 4.31. The average Bonchev–Trinajstić information content (AvgIpc) is 2.12. The van der Waals surface area contributed by atoms with Gasteiger partial charge >= 0.3 is 0 Å². The Morgan fingerprint density at radius 2 is 1.71 bits per heavy atom. The molecule has 0 bridgehead atoms. The zero-order valence-corrected chi connectivity index (χ0v) is 10.6. The van der Waals surface area contributed by atoms with E-state index < -0.39 is 0 Å². The summed E-state index contributed by atoms with van der Waals surface area (Å²) in [5.74, 6) is 0.833. The lowest BCUT2D eigenvalue weighted by Crippen LogP contribution is -1.79. The van der Waals surface area contributed by atoms with E-state index in [-0.39, 0.29) is 0 Å². The van der Waals surface area contributed by atoms with Gasteiger partial charge in [-0.25, -0.2) is 4.40 Å². The molecule has 0 rings (SSSR count). The molecular weight excluding hydrogens is 214 g/mol. The van der Waals surface area contributed by atoms with Gasteiger partial charge < -0.3 is 0 Å². The third-order valence-corrected chi connectivity index (χ3v) is 1.36. The molecule has 0 saturated carbocycles. The SMILES string of the molecule is C=C/C(Cl)=C(C=C)/C=N\S.CC(C)C. The molecule has 0 unspecified atom stereocenters. The fraction of sp³-hybridized carbons (Fsp3) is 0.364. The van der Waals surface area contributed by atoms with Crippen molar-refractivity contribution in [2.75, 3.05) is 0 Å². The van der Waals surface area contributed by atoms with Crippen molar-refractivity contribution in [3.8, 4) is 0 Å². The summed E-state index contributed by atoms with van der Waals surface area (Å²) in [4.78, 5) is 0.